The number of carbonyl (C=O) groups is 3. The molecule has 2 bridgehead atoms. The summed E-state index contributed by atoms with van der Waals surface area (Å²) in [5, 5.41) is 14.3. The van der Waals surface area contributed by atoms with E-state index in [9.17, 15) is 14.4 Å². The molecule has 3 aliphatic rings. The van der Waals surface area contributed by atoms with Gasteiger partial charge in [0.2, 0.25) is 0 Å². The minimum atomic E-state index is -0.997. The first-order valence-corrected chi connectivity index (χ1v) is 10.2. The number of rotatable bonds is 6. The monoisotopic (exact) mass is 416 g/mol. The number of carboxylic acids is 1. The maximum Gasteiger partial charge on any atom is 0.335 e. The zero-order valence-corrected chi connectivity index (χ0v) is 16.5. The maximum absolute atomic E-state index is 12.8. The molecule has 0 unspecified atom stereocenters. The zero-order chi connectivity index (χ0) is 21.5. The van der Waals surface area contributed by atoms with E-state index in [1.165, 1.54) is 12.3 Å². The van der Waals surface area contributed by atoms with Crippen LogP contribution in [0.3, 0.4) is 0 Å². The van der Waals surface area contributed by atoms with Crippen LogP contribution < -0.4 is 4.74 Å². The van der Waals surface area contributed by atoms with Gasteiger partial charge >= 0.3 is 5.97 Å². The smallest absolute Gasteiger partial charge is 0.335 e. The molecule has 1 heterocycles. The van der Waals surface area contributed by atoms with Crippen molar-refractivity contribution in [2.75, 3.05) is 0 Å². The molecule has 1 saturated carbocycles. The first-order valence-electron chi connectivity index (χ1n) is 10.2. The lowest BCUT2D eigenvalue weighted by atomic mass is 9.85. The Morgan fingerprint density at radius 2 is 1.77 bits per heavy atom. The number of ether oxygens (including phenoxy) is 1. The van der Waals surface area contributed by atoms with Crippen molar-refractivity contribution in [2.45, 2.75) is 13.0 Å². The van der Waals surface area contributed by atoms with Gasteiger partial charge in [-0.1, -0.05) is 36.4 Å². The Morgan fingerprint density at radius 1 is 1.06 bits per heavy atom. The van der Waals surface area contributed by atoms with Crippen molar-refractivity contribution in [3.05, 3.63) is 77.4 Å². The second-order valence-electron chi connectivity index (χ2n) is 8.06. The molecule has 2 amide bonds. The van der Waals surface area contributed by atoms with Crippen LogP contribution in [0.25, 0.3) is 0 Å². The van der Waals surface area contributed by atoms with Crippen LogP contribution in [0.4, 0.5) is 0 Å². The molecule has 2 fully saturated rings. The van der Waals surface area contributed by atoms with E-state index in [1.54, 1.807) is 36.4 Å². The highest BCUT2D eigenvalue weighted by atomic mass is 16.5. The molecule has 1 N–H and O–H groups in total. The van der Waals surface area contributed by atoms with Crippen molar-refractivity contribution in [3.8, 4) is 5.75 Å². The molecular formula is C24H20N2O5. The van der Waals surface area contributed by atoms with E-state index in [-0.39, 0.29) is 47.7 Å². The Balaban J connectivity index is 1.32. The number of imide groups is 1. The van der Waals surface area contributed by atoms with E-state index in [0.717, 1.165) is 11.4 Å². The average Bonchev–Trinajstić information content (AvgIpc) is 3.46. The molecule has 31 heavy (non-hydrogen) atoms. The van der Waals surface area contributed by atoms with Crippen LogP contribution in [0, 0.1) is 23.7 Å². The zero-order valence-electron chi connectivity index (χ0n) is 16.5. The van der Waals surface area contributed by atoms with Gasteiger partial charge in [0.05, 0.1) is 23.6 Å². The van der Waals surface area contributed by atoms with E-state index in [1.807, 2.05) is 18.2 Å². The first-order chi connectivity index (χ1) is 15.0. The van der Waals surface area contributed by atoms with Crippen molar-refractivity contribution in [2.24, 2.45) is 28.8 Å². The molecule has 4 atom stereocenters. The second kappa shape index (κ2) is 7.50. The number of aromatic carboxylic acids is 1. The van der Waals surface area contributed by atoms with Crippen LogP contribution >= 0.6 is 0 Å². The Morgan fingerprint density at radius 3 is 2.48 bits per heavy atom. The standard InChI is InChI=1S/C24H20N2O5/c27-22-20-15-8-9-16(11-15)21(20)23(28)26(22)25-12-18-5-1-2-7-19(18)31-13-14-4-3-6-17(10-14)24(29)30/h1-10,12,15-16,20-21H,11,13H2,(H,29,30)/t15-,16-,20-,21+/m0/s1. The molecule has 7 heteroatoms. The van der Waals surface area contributed by atoms with Crippen LogP contribution in [-0.2, 0) is 16.2 Å². The Kier molecular flexibility index (Phi) is 4.66. The fourth-order valence-corrected chi connectivity index (χ4v) is 4.79. The molecule has 0 spiro atoms. The molecule has 0 aromatic heterocycles. The minimum absolute atomic E-state index is 0.142. The van der Waals surface area contributed by atoms with Gasteiger partial charge in [-0.25, -0.2) is 4.79 Å². The average molecular weight is 416 g/mol. The number of allylic oxidation sites excluding steroid dienone is 2. The predicted octanol–water partition coefficient (Wildman–Crippen LogP) is 3.10. The molecule has 156 valence electrons. The Bertz CT molecular complexity index is 1110. The molecule has 7 nitrogen and oxygen atoms in total. The summed E-state index contributed by atoms with van der Waals surface area (Å²) in [6.45, 7) is 0.173. The van der Waals surface area contributed by atoms with E-state index in [2.05, 4.69) is 5.10 Å². The number of hydrogen-bond donors (Lipinski definition) is 1. The summed E-state index contributed by atoms with van der Waals surface area (Å²) in [6, 6.07) is 13.7. The van der Waals surface area contributed by atoms with Gasteiger partial charge in [-0.05, 0) is 48.1 Å². The fraction of sp³-hybridized carbons (Fsp3) is 0.250. The van der Waals surface area contributed by atoms with Crippen LogP contribution in [0.2, 0.25) is 0 Å². The maximum atomic E-state index is 12.8. The van der Waals surface area contributed by atoms with Gasteiger partial charge < -0.3 is 9.84 Å². The summed E-state index contributed by atoms with van der Waals surface area (Å²) in [6.07, 6.45) is 6.44. The van der Waals surface area contributed by atoms with Crippen molar-refractivity contribution in [1.29, 1.82) is 0 Å². The van der Waals surface area contributed by atoms with Crippen molar-refractivity contribution < 1.29 is 24.2 Å². The van der Waals surface area contributed by atoms with Crippen LogP contribution in [0.5, 0.6) is 5.75 Å². The highest BCUT2D eigenvalue weighted by Crippen LogP contribution is 2.52. The topological polar surface area (TPSA) is 96.3 Å². The van der Waals surface area contributed by atoms with Gasteiger partial charge in [0.15, 0.2) is 0 Å². The Labute approximate surface area is 178 Å². The van der Waals surface area contributed by atoms with Gasteiger partial charge in [-0.3, -0.25) is 9.59 Å². The van der Waals surface area contributed by atoms with Crippen molar-refractivity contribution in [1.82, 2.24) is 5.01 Å². The summed E-state index contributed by atoms with van der Waals surface area (Å²) >= 11 is 0. The first kappa shape index (κ1) is 19.2. The molecule has 5 rings (SSSR count). The lowest BCUT2D eigenvalue weighted by molar-refractivity contribution is -0.140. The lowest BCUT2D eigenvalue weighted by Crippen LogP contribution is -2.28. The quantitative estimate of drug-likeness (QED) is 0.443. The predicted molar refractivity (Wildman–Crippen MR) is 111 cm³/mol. The third-order valence-electron chi connectivity index (χ3n) is 6.25. The number of amides is 2. The molecule has 1 aliphatic heterocycles. The van der Waals surface area contributed by atoms with Gasteiger partial charge in [0.25, 0.3) is 11.8 Å². The molecule has 0 radical (unpaired) electrons. The third kappa shape index (κ3) is 3.32. The Hall–Kier alpha value is -3.74. The van der Waals surface area contributed by atoms with Gasteiger partial charge in [0.1, 0.15) is 12.4 Å². The summed E-state index contributed by atoms with van der Waals surface area (Å²) in [4.78, 5) is 36.7. The molecule has 2 aromatic rings. The fourth-order valence-electron chi connectivity index (χ4n) is 4.79. The molecule has 2 aromatic carbocycles. The highest BCUT2D eigenvalue weighted by molar-refractivity contribution is 6.06. The largest absolute Gasteiger partial charge is 0.488 e. The number of carboxylic acid groups (broad SMARTS) is 1. The van der Waals surface area contributed by atoms with E-state index in [4.69, 9.17) is 9.84 Å². The van der Waals surface area contributed by atoms with Crippen LogP contribution in [0.15, 0.2) is 65.8 Å². The van der Waals surface area contributed by atoms with Gasteiger partial charge in [-0.2, -0.15) is 10.1 Å². The summed E-state index contributed by atoms with van der Waals surface area (Å²) in [5.41, 5.74) is 1.53. The lowest BCUT2D eigenvalue weighted by Gasteiger charge is -2.13. The molecular weight excluding hydrogens is 396 g/mol. The van der Waals surface area contributed by atoms with E-state index in [0.29, 0.717) is 16.9 Å². The summed E-state index contributed by atoms with van der Waals surface area (Å²) in [7, 11) is 0. The molecule has 2 aliphatic carbocycles. The normalized spacial score (nSPS) is 26.1. The number of para-hydroxylation sites is 1. The third-order valence-corrected chi connectivity index (χ3v) is 6.25. The summed E-state index contributed by atoms with van der Waals surface area (Å²) < 4.78 is 5.86. The summed E-state index contributed by atoms with van der Waals surface area (Å²) in [5.74, 6) is -1.22. The van der Waals surface area contributed by atoms with Gasteiger partial charge in [0, 0.05) is 5.56 Å². The second-order valence-corrected chi connectivity index (χ2v) is 8.06. The van der Waals surface area contributed by atoms with Crippen molar-refractivity contribution >= 4 is 24.0 Å². The highest BCUT2D eigenvalue weighted by Gasteiger charge is 2.59. The van der Waals surface area contributed by atoms with Crippen LogP contribution in [0.1, 0.15) is 27.9 Å². The molecule has 1 saturated heterocycles. The number of fused-ring (bicyclic) bond motifs is 5. The SMILES string of the molecule is O=C(O)c1cccc(COc2ccccc2C=NN2C(=O)[C@@H]3[C@H](C2=O)[C@H]2C=C[C@H]3C2)c1. The number of hydrogen-bond acceptors (Lipinski definition) is 5. The van der Waals surface area contributed by atoms with Crippen molar-refractivity contribution in [3.63, 3.8) is 0 Å². The van der Waals surface area contributed by atoms with Crippen LogP contribution in [-0.4, -0.2) is 34.1 Å². The van der Waals surface area contributed by atoms with Gasteiger partial charge in [-0.15, -0.1) is 0 Å². The van der Waals surface area contributed by atoms with E-state index >= 15 is 0 Å². The number of benzene rings is 2. The van der Waals surface area contributed by atoms with E-state index < -0.39 is 5.97 Å². The number of hydrazone groups is 1. The minimum Gasteiger partial charge on any atom is -0.488 e. The number of carbonyl (C=O) groups excluding carboxylic acids is 2. The number of nitrogens with zero attached hydrogens (tertiary/aromatic N) is 2.